The summed E-state index contributed by atoms with van der Waals surface area (Å²) in [7, 11) is 3.18. The zero-order chi connectivity index (χ0) is 25.1. The highest BCUT2D eigenvalue weighted by molar-refractivity contribution is 6.23. The van der Waals surface area contributed by atoms with Crippen LogP contribution in [0, 0.1) is 29.6 Å². The first kappa shape index (κ1) is 22.6. The number of hydrogen-bond donors (Lipinski definition) is 0. The molecule has 2 aliphatic heterocycles. The van der Waals surface area contributed by atoms with Crippen molar-refractivity contribution in [3.05, 3.63) is 53.6 Å². The molecular formula is C27H26N2O7. The topological polar surface area (TPSA) is 104 Å². The second kappa shape index (κ2) is 8.36. The zero-order valence-electron chi connectivity index (χ0n) is 20.2. The van der Waals surface area contributed by atoms with Crippen LogP contribution in [-0.2, 0) is 19.2 Å². The normalized spacial score (nSPS) is 29.5. The van der Waals surface area contributed by atoms with Gasteiger partial charge in [0.15, 0.2) is 0 Å². The first-order chi connectivity index (χ1) is 17.5. The molecule has 0 spiro atoms. The van der Waals surface area contributed by atoms with Crippen LogP contribution in [0.3, 0.4) is 0 Å². The average molecular weight is 491 g/mol. The quantitative estimate of drug-likeness (QED) is 0.453. The van der Waals surface area contributed by atoms with E-state index in [9.17, 15) is 14.4 Å². The Balaban J connectivity index is 1.29. The Kier molecular flexibility index (Phi) is 5.24. The summed E-state index contributed by atoms with van der Waals surface area (Å²) in [5.41, 5.74) is 2.39. The number of methoxy groups -OCH3 is 2. The molecule has 36 heavy (non-hydrogen) atoms. The van der Waals surface area contributed by atoms with Gasteiger partial charge in [-0.15, -0.1) is 0 Å². The average Bonchev–Trinajstić information content (AvgIpc) is 3.64. The van der Waals surface area contributed by atoms with Crippen molar-refractivity contribution in [2.75, 3.05) is 25.7 Å². The summed E-state index contributed by atoms with van der Waals surface area (Å²) in [6.45, 7) is 2.01. The van der Waals surface area contributed by atoms with Gasteiger partial charge >= 0.3 is 5.97 Å². The number of fused-ring (bicyclic) bond motifs is 8. The summed E-state index contributed by atoms with van der Waals surface area (Å²) in [4.78, 5) is 46.3. The predicted octanol–water partition coefficient (Wildman–Crippen LogP) is 3.06. The fraction of sp³-hybridized carbons (Fsp3) is 0.407. The molecule has 9 nitrogen and oxygen atoms in total. The van der Waals surface area contributed by atoms with Gasteiger partial charge in [-0.05, 0) is 55.7 Å². The first-order valence-corrected chi connectivity index (χ1v) is 12.1. The molecule has 4 aliphatic rings. The molecule has 2 amide bonds. The molecule has 1 saturated heterocycles. The number of amides is 2. The van der Waals surface area contributed by atoms with E-state index in [0.29, 0.717) is 22.7 Å². The van der Waals surface area contributed by atoms with Crippen molar-refractivity contribution in [3.8, 4) is 11.5 Å². The third-order valence-corrected chi connectivity index (χ3v) is 8.01. The second-order valence-corrected chi connectivity index (χ2v) is 9.53. The number of ether oxygens (including phenoxy) is 3. The van der Waals surface area contributed by atoms with Gasteiger partial charge in [0.25, 0.3) is 0 Å². The highest BCUT2D eigenvalue weighted by Gasteiger charge is 2.70. The molecule has 2 saturated carbocycles. The van der Waals surface area contributed by atoms with E-state index in [2.05, 4.69) is 5.16 Å². The lowest BCUT2D eigenvalue weighted by atomic mass is 9.71. The van der Waals surface area contributed by atoms with E-state index in [-0.39, 0.29) is 42.3 Å². The molecule has 2 aromatic carbocycles. The summed E-state index contributed by atoms with van der Waals surface area (Å²) in [5, 5.41) is 4.41. The van der Waals surface area contributed by atoms with Crippen LogP contribution in [0.25, 0.3) is 0 Å². The van der Waals surface area contributed by atoms with Gasteiger partial charge in [-0.3, -0.25) is 14.5 Å². The third-order valence-electron chi connectivity index (χ3n) is 8.01. The maximum absolute atomic E-state index is 13.6. The standard InChI is InChI=1S/C27H26N2O7/c1-4-35-27(32)13-5-7-14(8-6-13)29-25(30)20-17-12-18(21(20)26(29)31)24-22(17)23(28-36-24)16-10-9-15(33-2)11-19(16)34-3/h5-11,17-18,20-22,24H,4,12H2,1-3H3/t17-,18-,20-,21-,22-,24+/m0/s1. The van der Waals surface area contributed by atoms with Crippen molar-refractivity contribution < 1.29 is 33.4 Å². The molecule has 0 unspecified atom stereocenters. The molecule has 2 aromatic rings. The minimum atomic E-state index is -0.441. The van der Waals surface area contributed by atoms with Crippen LogP contribution in [-0.4, -0.2) is 50.4 Å². The molecule has 2 bridgehead atoms. The molecule has 6 rings (SSSR count). The lowest BCUT2D eigenvalue weighted by Crippen LogP contribution is -2.41. The van der Waals surface area contributed by atoms with Crippen LogP contribution in [0.5, 0.6) is 11.5 Å². The largest absolute Gasteiger partial charge is 0.497 e. The van der Waals surface area contributed by atoms with Crippen molar-refractivity contribution >= 4 is 29.2 Å². The Bertz CT molecular complexity index is 1290. The number of imide groups is 1. The minimum absolute atomic E-state index is 0.0571. The summed E-state index contributed by atoms with van der Waals surface area (Å²) < 4.78 is 15.9. The van der Waals surface area contributed by atoms with Crippen LogP contribution in [0.1, 0.15) is 29.3 Å². The number of rotatable bonds is 6. The molecule has 186 valence electrons. The van der Waals surface area contributed by atoms with E-state index in [1.54, 1.807) is 51.5 Å². The van der Waals surface area contributed by atoms with E-state index in [4.69, 9.17) is 19.0 Å². The number of carbonyl (C=O) groups excluding carboxylic acids is 3. The first-order valence-electron chi connectivity index (χ1n) is 12.1. The van der Waals surface area contributed by atoms with Crippen molar-refractivity contribution in [2.45, 2.75) is 19.4 Å². The number of nitrogens with zero attached hydrogens (tertiary/aromatic N) is 2. The van der Waals surface area contributed by atoms with Crippen LogP contribution >= 0.6 is 0 Å². The van der Waals surface area contributed by atoms with Crippen LogP contribution in [0.2, 0.25) is 0 Å². The molecule has 3 fully saturated rings. The van der Waals surface area contributed by atoms with E-state index >= 15 is 0 Å². The summed E-state index contributed by atoms with van der Waals surface area (Å²) >= 11 is 0. The van der Waals surface area contributed by atoms with Gasteiger partial charge in [0.2, 0.25) is 11.8 Å². The van der Waals surface area contributed by atoms with Crippen molar-refractivity contribution in [1.82, 2.24) is 0 Å². The number of oxime groups is 1. The van der Waals surface area contributed by atoms with Gasteiger partial charge in [0.05, 0.1) is 49.6 Å². The van der Waals surface area contributed by atoms with Gasteiger partial charge in [-0.1, -0.05) is 5.16 Å². The molecule has 9 heteroatoms. The monoisotopic (exact) mass is 490 g/mol. The van der Waals surface area contributed by atoms with Crippen LogP contribution in [0.15, 0.2) is 47.6 Å². The van der Waals surface area contributed by atoms with Crippen molar-refractivity contribution in [1.29, 1.82) is 0 Å². The minimum Gasteiger partial charge on any atom is -0.497 e. The van der Waals surface area contributed by atoms with Gasteiger partial charge in [-0.25, -0.2) is 4.79 Å². The van der Waals surface area contributed by atoms with Crippen molar-refractivity contribution in [3.63, 3.8) is 0 Å². The second-order valence-electron chi connectivity index (χ2n) is 9.53. The maximum Gasteiger partial charge on any atom is 0.338 e. The molecule has 6 atom stereocenters. The van der Waals surface area contributed by atoms with E-state index < -0.39 is 17.8 Å². The third kappa shape index (κ3) is 3.08. The maximum atomic E-state index is 13.6. The van der Waals surface area contributed by atoms with E-state index in [0.717, 1.165) is 17.7 Å². The Hall–Kier alpha value is -3.88. The molecular weight excluding hydrogens is 464 g/mol. The number of esters is 1. The summed E-state index contributed by atoms with van der Waals surface area (Å²) in [6, 6.07) is 11.9. The van der Waals surface area contributed by atoms with E-state index in [1.165, 1.54) is 4.90 Å². The summed E-state index contributed by atoms with van der Waals surface area (Å²) in [6.07, 6.45) is 0.496. The lowest BCUT2D eigenvalue weighted by Gasteiger charge is -2.30. The Morgan fingerprint density at radius 3 is 2.39 bits per heavy atom. The molecule has 0 radical (unpaired) electrons. The zero-order valence-corrected chi connectivity index (χ0v) is 20.2. The Morgan fingerprint density at radius 2 is 1.72 bits per heavy atom. The van der Waals surface area contributed by atoms with Gasteiger partial charge in [0.1, 0.15) is 17.6 Å². The lowest BCUT2D eigenvalue weighted by molar-refractivity contribution is -0.125. The smallest absolute Gasteiger partial charge is 0.338 e. The SMILES string of the molecule is CCOC(=O)c1ccc(N2C(=O)[C@H]3[C@@H]4C[C@H]([C@H]5C(c6ccc(OC)cc6OC)=NO[C@H]45)[C@@H]3C2=O)cc1. The molecule has 2 heterocycles. The van der Waals surface area contributed by atoms with Crippen molar-refractivity contribution in [2.24, 2.45) is 34.7 Å². The number of anilines is 1. The highest BCUT2D eigenvalue weighted by Crippen LogP contribution is 2.62. The Morgan fingerprint density at radius 1 is 1.00 bits per heavy atom. The number of hydrogen-bond acceptors (Lipinski definition) is 8. The molecule has 0 N–H and O–H groups in total. The van der Waals surface area contributed by atoms with Gasteiger partial charge in [0, 0.05) is 23.5 Å². The fourth-order valence-corrected chi connectivity index (χ4v) is 6.57. The molecule has 2 aliphatic carbocycles. The number of carbonyl (C=O) groups is 3. The van der Waals surface area contributed by atoms with Crippen LogP contribution in [0.4, 0.5) is 5.69 Å². The highest BCUT2D eigenvalue weighted by atomic mass is 16.6. The fourth-order valence-electron chi connectivity index (χ4n) is 6.57. The molecule has 0 aromatic heterocycles. The van der Waals surface area contributed by atoms with E-state index in [1.807, 2.05) is 12.1 Å². The number of benzene rings is 2. The van der Waals surface area contributed by atoms with Gasteiger partial charge < -0.3 is 19.0 Å². The predicted molar refractivity (Wildman–Crippen MR) is 128 cm³/mol. The Labute approximate surface area is 207 Å². The van der Waals surface area contributed by atoms with Crippen LogP contribution < -0.4 is 14.4 Å². The van der Waals surface area contributed by atoms with Gasteiger partial charge in [-0.2, -0.15) is 0 Å². The summed E-state index contributed by atoms with van der Waals surface area (Å²) in [5.74, 6) is -0.661.